The Bertz CT molecular complexity index is 553. The summed E-state index contributed by atoms with van der Waals surface area (Å²) < 4.78 is 5.63. The average Bonchev–Trinajstić information content (AvgIpc) is 2.97. The molecule has 2 unspecified atom stereocenters. The molecule has 0 saturated heterocycles. The van der Waals surface area contributed by atoms with E-state index in [1.54, 1.807) is 0 Å². The number of ether oxygens (including phenoxy) is 1. The zero-order valence-electron chi connectivity index (χ0n) is 14.3. The van der Waals surface area contributed by atoms with Crippen molar-refractivity contribution in [2.45, 2.75) is 34.6 Å². The maximum absolute atomic E-state index is 12.3. The number of aryl methyl sites for hydroxylation is 1. The summed E-state index contributed by atoms with van der Waals surface area (Å²) in [5.41, 5.74) is 2.55. The first kappa shape index (κ1) is 16.6. The first-order chi connectivity index (χ1) is 10.3. The average molecular weight is 301 g/mol. The van der Waals surface area contributed by atoms with Crippen LogP contribution in [0.25, 0.3) is 0 Å². The van der Waals surface area contributed by atoms with E-state index in [-0.39, 0.29) is 17.2 Å². The van der Waals surface area contributed by atoms with Crippen molar-refractivity contribution in [1.82, 2.24) is 5.32 Å². The zero-order chi connectivity index (χ0) is 16.3. The molecule has 0 bridgehead atoms. The lowest BCUT2D eigenvalue weighted by atomic mass is 10.1. The van der Waals surface area contributed by atoms with E-state index in [4.69, 9.17) is 4.74 Å². The topological polar surface area (TPSA) is 38.3 Å². The Kier molecular flexibility index (Phi) is 4.94. The molecule has 1 aromatic carbocycles. The number of carbonyl (C=O) groups excluding carboxylic acids is 1. The molecule has 0 heterocycles. The molecule has 2 atom stereocenters. The van der Waals surface area contributed by atoms with Gasteiger partial charge < -0.3 is 10.1 Å². The number of hydrogen-bond donors (Lipinski definition) is 1. The Morgan fingerprint density at radius 2 is 1.91 bits per heavy atom. The predicted molar refractivity (Wildman–Crippen MR) is 89.9 cm³/mol. The fourth-order valence-corrected chi connectivity index (χ4v) is 2.94. The van der Waals surface area contributed by atoms with Gasteiger partial charge in [-0.3, -0.25) is 4.79 Å². The quantitative estimate of drug-likeness (QED) is 0.642. The highest BCUT2D eigenvalue weighted by Crippen LogP contribution is 2.59. The van der Waals surface area contributed by atoms with Crippen LogP contribution in [0.1, 0.15) is 33.3 Å². The van der Waals surface area contributed by atoms with Gasteiger partial charge in [-0.2, -0.15) is 0 Å². The molecule has 1 saturated carbocycles. The van der Waals surface area contributed by atoms with Gasteiger partial charge in [-0.1, -0.05) is 43.2 Å². The van der Waals surface area contributed by atoms with E-state index in [9.17, 15) is 4.79 Å². The highest BCUT2D eigenvalue weighted by molar-refractivity contribution is 5.83. The molecule has 1 aliphatic rings. The van der Waals surface area contributed by atoms with Crippen LogP contribution in [0.4, 0.5) is 0 Å². The minimum absolute atomic E-state index is 0.0686. The fourth-order valence-electron chi connectivity index (χ4n) is 2.94. The van der Waals surface area contributed by atoms with Gasteiger partial charge in [0.2, 0.25) is 5.91 Å². The summed E-state index contributed by atoms with van der Waals surface area (Å²) in [6, 6.07) is 7.94. The number of benzene rings is 1. The van der Waals surface area contributed by atoms with Crippen molar-refractivity contribution in [1.29, 1.82) is 0 Å². The van der Waals surface area contributed by atoms with Gasteiger partial charge in [-0.25, -0.2) is 0 Å². The molecule has 1 aromatic rings. The molecular weight excluding hydrogens is 274 g/mol. The molecule has 120 valence electrons. The van der Waals surface area contributed by atoms with Crippen LogP contribution in [0.5, 0.6) is 5.75 Å². The standard InChI is InChI=1S/C19H27NO2/c1-13(2)12-16-17(19(16,4)5)18(21)20-10-11-22-15-8-6-14(3)7-9-15/h6-9,12,16-17H,10-11H2,1-5H3,(H,20,21). The molecule has 1 amide bonds. The summed E-state index contributed by atoms with van der Waals surface area (Å²) in [6.45, 7) is 11.6. The summed E-state index contributed by atoms with van der Waals surface area (Å²) in [7, 11) is 0. The van der Waals surface area contributed by atoms with Crippen LogP contribution in [-0.2, 0) is 4.79 Å². The third kappa shape index (κ3) is 3.90. The van der Waals surface area contributed by atoms with Crippen LogP contribution in [-0.4, -0.2) is 19.1 Å². The monoisotopic (exact) mass is 301 g/mol. The maximum atomic E-state index is 12.3. The zero-order valence-corrected chi connectivity index (χ0v) is 14.3. The number of hydrogen-bond acceptors (Lipinski definition) is 2. The molecule has 0 aromatic heterocycles. The van der Waals surface area contributed by atoms with Gasteiger partial charge in [0.05, 0.1) is 12.5 Å². The van der Waals surface area contributed by atoms with E-state index >= 15 is 0 Å². The highest BCUT2D eigenvalue weighted by Gasteiger charge is 2.60. The van der Waals surface area contributed by atoms with Crippen molar-refractivity contribution in [3.8, 4) is 5.75 Å². The van der Waals surface area contributed by atoms with Crippen molar-refractivity contribution >= 4 is 5.91 Å². The molecule has 1 N–H and O–H groups in total. The largest absolute Gasteiger partial charge is 0.492 e. The second-order valence-electron chi connectivity index (χ2n) is 7.02. The molecule has 3 heteroatoms. The summed E-state index contributed by atoms with van der Waals surface area (Å²) in [4.78, 5) is 12.3. The van der Waals surface area contributed by atoms with Crippen molar-refractivity contribution in [3.63, 3.8) is 0 Å². The van der Waals surface area contributed by atoms with Gasteiger partial charge in [0, 0.05) is 0 Å². The minimum atomic E-state index is 0.0686. The molecule has 0 spiro atoms. The van der Waals surface area contributed by atoms with E-state index in [0.29, 0.717) is 19.1 Å². The van der Waals surface area contributed by atoms with Crippen molar-refractivity contribution in [2.24, 2.45) is 17.3 Å². The summed E-state index contributed by atoms with van der Waals surface area (Å²) >= 11 is 0. The molecule has 3 nitrogen and oxygen atoms in total. The van der Waals surface area contributed by atoms with Gasteiger partial charge in [-0.05, 0) is 44.2 Å². The van der Waals surface area contributed by atoms with E-state index in [1.165, 1.54) is 11.1 Å². The van der Waals surface area contributed by atoms with E-state index in [1.807, 2.05) is 31.2 Å². The number of amides is 1. The highest BCUT2D eigenvalue weighted by atomic mass is 16.5. The maximum Gasteiger partial charge on any atom is 0.224 e. The van der Waals surface area contributed by atoms with Crippen LogP contribution in [0.2, 0.25) is 0 Å². The van der Waals surface area contributed by atoms with Crippen LogP contribution in [0, 0.1) is 24.2 Å². The molecule has 1 fully saturated rings. The van der Waals surface area contributed by atoms with Gasteiger partial charge in [0.25, 0.3) is 0 Å². The smallest absolute Gasteiger partial charge is 0.224 e. The SMILES string of the molecule is CC(C)=CC1C(C(=O)NCCOc2ccc(C)cc2)C1(C)C. The van der Waals surface area contributed by atoms with Crippen LogP contribution in [0.3, 0.4) is 0 Å². The fraction of sp³-hybridized carbons (Fsp3) is 0.526. The van der Waals surface area contributed by atoms with Gasteiger partial charge in [-0.15, -0.1) is 0 Å². The number of nitrogens with one attached hydrogen (secondary N) is 1. The minimum Gasteiger partial charge on any atom is -0.492 e. The lowest BCUT2D eigenvalue weighted by Crippen LogP contribution is -2.30. The van der Waals surface area contributed by atoms with Crippen molar-refractivity contribution in [2.75, 3.05) is 13.2 Å². The van der Waals surface area contributed by atoms with Gasteiger partial charge in [0.15, 0.2) is 0 Å². The summed E-state index contributed by atoms with van der Waals surface area (Å²) in [5, 5.41) is 2.99. The lowest BCUT2D eigenvalue weighted by Gasteiger charge is -2.08. The Morgan fingerprint density at radius 1 is 1.27 bits per heavy atom. The summed E-state index contributed by atoms with van der Waals surface area (Å²) in [6.07, 6.45) is 2.22. The predicted octanol–water partition coefficient (Wildman–Crippen LogP) is 3.73. The third-order valence-electron chi connectivity index (χ3n) is 4.40. The molecule has 1 aliphatic carbocycles. The third-order valence-corrected chi connectivity index (χ3v) is 4.40. The number of carbonyl (C=O) groups is 1. The Morgan fingerprint density at radius 3 is 2.50 bits per heavy atom. The first-order valence-electron chi connectivity index (χ1n) is 7.94. The molecule has 0 aliphatic heterocycles. The Labute approximate surface area is 133 Å². The number of rotatable bonds is 6. The van der Waals surface area contributed by atoms with Crippen LogP contribution in [0.15, 0.2) is 35.9 Å². The first-order valence-corrected chi connectivity index (χ1v) is 7.94. The van der Waals surface area contributed by atoms with Crippen LogP contribution >= 0.6 is 0 Å². The van der Waals surface area contributed by atoms with E-state index < -0.39 is 0 Å². The summed E-state index contributed by atoms with van der Waals surface area (Å²) in [5.74, 6) is 1.42. The Balaban J connectivity index is 1.75. The Hall–Kier alpha value is -1.77. The van der Waals surface area contributed by atoms with Gasteiger partial charge >= 0.3 is 0 Å². The second-order valence-corrected chi connectivity index (χ2v) is 7.02. The van der Waals surface area contributed by atoms with E-state index in [0.717, 1.165) is 5.75 Å². The molecule has 22 heavy (non-hydrogen) atoms. The second kappa shape index (κ2) is 6.55. The molecular formula is C19H27NO2. The normalized spacial score (nSPS) is 21.9. The van der Waals surface area contributed by atoms with Crippen LogP contribution < -0.4 is 10.1 Å². The lowest BCUT2D eigenvalue weighted by molar-refractivity contribution is -0.123. The van der Waals surface area contributed by atoms with Crippen molar-refractivity contribution < 1.29 is 9.53 Å². The number of allylic oxidation sites excluding steroid dienone is 2. The molecule has 0 radical (unpaired) electrons. The van der Waals surface area contributed by atoms with Gasteiger partial charge in [0.1, 0.15) is 12.4 Å². The van der Waals surface area contributed by atoms with E-state index in [2.05, 4.69) is 39.1 Å². The molecule has 2 rings (SSSR count). The van der Waals surface area contributed by atoms with Crippen molar-refractivity contribution in [3.05, 3.63) is 41.5 Å².